The molecule has 0 radical (unpaired) electrons. The fourth-order valence-electron chi connectivity index (χ4n) is 3.11. The van der Waals surface area contributed by atoms with E-state index in [1.807, 2.05) is 44.2 Å². The molecule has 0 aliphatic carbocycles. The maximum absolute atomic E-state index is 12.9. The summed E-state index contributed by atoms with van der Waals surface area (Å²) >= 11 is 0. The molecule has 7 heteroatoms. The predicted molar refractivity (Wildman–Crippen MR) is 116 cm³/mol. The minimum atomic E-state index is -0.686. The van der Waals surface area contributed by atoms with Crippen LogP contribution >= 0.6 is 0 Å². The van der Waals surface area contributed by atoms with Crippen LogP contribution in [0.1, 0.15) is 30.6 Å². The third-order valence-corrected chi connectivity index (χ3v) is 5.04. The van der Waals surface area contributed by atoms with Crippen LogP contribution in [0.5, 0.6) is 5.75 Å². The number of methoxy groups -OCH3 is 1. The second kappa shape index (κ2) is 9.73. The Balaban J connectivity index is 1.75. The number of aromatic nitrogens is 2. The van der Waals surface area contributed by atoms with E-state index < -0.39 is 6.04 Å². The fourth-order valence-corrected chi connectivity index (χ4v) is 3.11. The number of hydrogen-bond acceptors (Lipinski definition) is 4. The Morgan fingerprint density at radius 1 is 1.10 bits per heavy atom. The van der Waals surface area contributed by atoms with Gasteiger partial charge in [-0.15, -0.1) is 0 Å². The van der Waals surface area contributed by atoms with Gasteiger partial charge in [-0.2, -0.15) is 5.10 Å². The van der Waals surface area contributed by atoms with Crippen molar-refractivity contribution in [2.45, 2.75) is 26.3 Å². The van der Waals surface area contributed by atoms with Gasteiger partial charge in [-0.25, -0.2) is 0 Å². The van der Waals surface area contributed by atoms with Gasteiger partial charge in [0.25, 0.3) is 5.91 Å². The molecule has 3 aromatic rings. The molecule has 156 valence electrons. The molecule has 2 aromatic carbocycles. The molecule has 0 aliphatic rings. The van der Waals surface area contributed by atoms with E-state index in [0.29, 0.717) is 17.1 Å². The van der Waals surface area contributed by atoms with Gasteiger partial charge >= 0.3 is 0 Å². The molecule has 30 heavy (non-hydrogen) atoms. The lowest BCUT2D eigenvalue weighted by molar-refractivity contribution is -0.119. The Morgan fingerprint density at radius 3 is 2.50 bits per heavy atom. The number of anilines is 1. The van der Waals surface area contributed by atoms with Crippen LogP contribution in [0.2, 0.25) is 0 Å². The molecule has 2 amide bonds. The van der Waals surface area contributed by atoms with Gasteiger partial charge in [0.1, 0.15) is 11.8 Å². The van der Waals surface area contributed by atoms with Crippen LogP contribution in [0.15, 0.2) is 60.7 Å². The SMILES string of the molecule is CCC(C)C(NC(=O)c1ccccc1)C(=O)Nc1cc(-c2ccccc2OC)[nH]n1. The minimum absolute atomic E-state index is 0.0507. The molecule has 7 nitrogen and oxygen atoms in total. The summed E-state index contributed by atoms with van der Waals surface area (Å²) in [7, 11) is 1.60. The van der Waals surface area contributed by atoms with E-state index in [1.54, 1.807) is 37.4 Å². The molecule has 0 aliphatic heterocycles. The molecule has 0 saturated carbocycles. The number of H-pyrrole nitrogens is 1. The van der Waals surface area contributed by atoms with Crippen molar-refractivity contribution in [3.8, 4) is 17.0 Å². The van der Waals surface area contributed by atoms with Gasteiger partial charge in [-0.3, -0.25) is 14.7 Å². The lowest BCUT2D eigenvalue weighted by Gasteiger charge is -2.23. The number of para-hydroxylation sites is 1. The van der Waals surface area contributed by atoms with Crippen LogP contribution in [0.3, 0.4) is 0 Å². The van der Waals surface area contributed by atoms with Gasteiger partial charge in [-0.1, -0.05) is 50.6 Å². The van der Waals surface area contributed by atoms with Gasteiger partial charge in [0.15, 0.2) is 5.82 Å². The van der Waals surface area contributed by atoms with Crippen LogP contribution < -0.4 is 15.4 Å². The Kier molecular flexibility index (Phi) is 6.85. The van der Waals surface area contributed by atoms with E-state index >= 15 is 0 Å². The largest absolute Gasteiger partial charge is 0.496 e. The number of nitrogens with one attached hydrogen (secondary N) is 3. The molecular formula is C23H26N4O3. The number of rotatable bonds is 8. The minimum Gasteiger partial charge on any atom is -0.496 e. The summed E-state index contributed by atoms with van der Waals surface area (Å²) in [5.74, 6) is 0.430. The van der Waals surface area contributed by atoms with Crippen molar-refractivity contribution in [3.63, 3.8) is 0 Å². The first-order chi connectivity index (χ1) is 14.5. The number of carbonyl (C=O) groups is 2. The summed E-state index contributed by atoms with van der Waals surface area (Å²) in [4.78, 5) is 25.5. The van der Waals surface area contributed by atoms with Crippen molar-refractivity contribution < 1.29 is 14.3 Å². The number of ether oxygens (including phenoxy) is 1. The number of hydrogen-bond donors (Lipinski definition) is 3. The topological polar surface area (TPSA) is 96.1 Å². The normalized spacial score (nSPS) is 12.6. The molecule has 3 N–H and O–H groups in total. The molecule has 1 aromatic heterocycles. The maximum atomic E-state index is 12.9. The van der Waals surface area contributed by atoms with Crippen LogP contribution in [-0.2, 0) is 4.79 Å². The first-order valence-electron chi connectivity index (χ1n) is 9.89. The number of carbonyl (C=O) groups excluding carboxylic acids is 2. The summed E-state index contributed by atoms with van der Waals surface area (Å²) in [5, 5.41) is 12.8. The van der Waals surface area contributed by atoms with E-state index in [0.717, 1.165) is 17.7 Å². The zero-order chi connectivity index (χ0) is 21.5. The highest BCUT2D eigenvalue weighted by atomic mass is 16.5. The Labute approximate surface area is 175 Å². The van der Waals surface area contributed by atoms with Gasteiger partial charge in [0.2, 0.25) is 5.91 Å². The molecule has 0 saturated heterocycles. The van der Waals surface area contributed by atoms with E-state index in [4.69, 9.17) is 4.74 Å². The quantitative estimate of drug-likeness (QED) is 0.529. The second-order valence-corrected chi connectivity index (χ2v) is 7.06. The molecule has 3 rings (SSSR count). The third kappa shape index (κ3) is 4.86. The highest BCUT2D eigenvalue weighted by Gasteiger charge is 2.27. The fraction of sp³-hybridized carbons (Fsp3) is 0.261. The number of nitrogens with zero attached hydrogens (tertiary/aromatic N) is 1. The zero-order valence-corrected chi connectivity index (χ0v) is 17.3. The van der Waals surface area contributed by atoms with E-state index in [9.17, 15) is 9.59 Å². The Hall–Kier alpha value is -3.61. The van der Waals surface area contributed by atoms with E-state index in [-0.39, 0.29) is 17.7 Å². The van der Waals surface area contributed by atoms with Crippen LogP contribution in [-0.4, -0.2) is 35.2 Å². The second-order valence-electron chi connectivity index (χ2n) is 7.06. The van der Waals surface area contributed by atoms with Gasteiger partial charge in [0, 0.05) is 17.2 Å². The summed E-state index contributed by atoms with van der Waals surface area (Å²) in [6.07, 6.45) is 0.736. The van der Waals surface area contributed by atoms with Crippen LogP contribution in [0.25, 0.3) is 11.3 Å². The van der Waals surface area contributed by atoms with Crippen molar-refractivity contribution in [1.29, 1.82) is 0 Å². The van der Waals surface area contributed by atoms with E-state index in [2.05, 4.69) is 20.8 Å². The highest BCUT2D eigenvalue weighted by molar-refractivity contribution is 6.01. The summed E-state index contributed by atoms with van der Waals surface area (Å²) in [6.45, 7) is 3.91. The predicted octanol–water partition coefficient (Wildman–Crippen LogP) is 3.87. The lowest BCUT2D eigenvalue weighted by Crippen LogP contribution is -2.47. The molecule has 1 heterocycles. The Morgan fingerprint density at radius 2 is 1.80 bits per heavy atom. The van der Waals surface area contributed by atoms with Crippen molar-refractivity contribution in [2.24, 2.45) is 5.92 Å². The van der Waals surface area contributed by atoms with Crippen LogP contribution in [0, 0.1) is 5.92 Å². The van der Waals surface area contributed by atoms with Crippen molar-refractivity contribution in [3.05, 3.63) is 66.2 Å². The lowest BCUT2D eigenvalue weighted by atomic mass is 9.98. The van der Waals surface area contributed by atoms with E-state index in [1.165, 1.54) is 0 Å². The molecule has 2 atom stereocenters. The van der Waals surface area contributed by atoms with Gasteiger partial charge < -0.3 is 15.4 Å². The first kappa shape index (κ1) is 21.1. The Bertz CT molecular complexity index is 1000. The number of amides is 2. The van der Waals surface area contributed by atoms with Gasteiger partial charge in [0.05, 0.1) is 12.8 Å². The summed E-state index contributed by atoms with van der Waals surface area (Å²) in [5.41, 5.74) is 2.07. The summed E-state index contributed by atoms with van der Waals surface area (Å²) < 4.78 is 5.38. The zero-order valence-electron chi connectivity index (χ0n) is 17.3. The highest BCUT2D eigenvalue weighted by Crippen LogP contribution is 2.29. The number of benzene rings is 2. The third-order valence-electron chi connectivity index (χ3n) is 5.04. The molecule has 0 fully saturated rings. The molecule has 2 unspecified atom stereocenters. The van der Waals surface area contributed by atoms with Crippen molar-refractivity contribution in [1.82, 2.24) is 15.5 Å². The standard InChI is InChI=1S/C23H26N4O3/c1-4-15(2)21(25-22(28)16-10-6-5-7-11-16)23(29)24-20-14-18(26-27-20)17-12-8-9-13-19(17)30-3/h5-15,21H,4H2,1-3H3,(H,25,28)(H2,24,26,27,29). The van der Waals surface area contributed by atoms with Crippen molar-refractivity contribution in [2.75, 3.05) is 12.4 Å². The van der Waals surface area contributed by atoms with Crippen molar-refractivity contribution >= 4 is 17.6 Å². The molecule has 0 spiro atoms. The average Bonchev–Trinajstić information content (AvgIpc) is 3.25. The smallest absolute Gasteiger partial charge is 0.251 e. The summed E-state index contributed by atoms with van der Waals surface area (Å²) in [6, 6.07) is 17.4. The monoisotopic (exact) mass is 406 g/mol. The average molecular weight is 406 g/mol. The van der Waals surface area contributed by atoms with Crippen LogP contribution in [0.4, 0.5) is 5.82 Å². The van der Waals surface area contributed by atoms with Gasteiger partial charge in [-0.05, 0) is 30.2 Å². The maximum Gasteiger partial charge on any atom is 0.251 e. The number of aromatic amines is 1. The molecule has 0 bridgehead atoms. The molecular weight excluding hydrogens is 380 g/mol. The first-order valence-corrected chi connectivity index (χ1v) is 9.89.